The van der Waals surface area contributed by atoms with Gasteiger partial charge in [-0.2, -0.15) is 0 Å². The Morgan fingerprint density at radius 1 is 1.50 bits per heavy atom. The van der Waals surface area contributed by atoms with Crippen molar-refractivity contribution in [2.24, 2.45) is 11.8 Å². The molecule has 0 radical (unpaired) electrons. The number of likely N-dealkylation sites (tertiary alicyclic amines) is 1. The molecule has 16 heavy (non-hydrogen) atoms. The van der Waals surface area contributed by atoms with Crippen molar-refractivity contribution in [1.82, 2.24) is 10.2 Å². The SMILES string of the molecule is CC(C)C1CCN(C(=O)NC2CC2(F)F)C1. The van der Waals surface area contributed by atoms with E-state index in [-0.39, 0.29) is 12.5 Å². The van der Waals surface area contributed by atoms with Crippen LogP contribution in [0.4, 0.5) is 13.6 Å². The number of carbonyl (C=O) groups excluding carboxylic acids is 1. The fraction of sp³-hybridized carbons (Fsp3) is 0.909. The lowest BCUT2D eigenvalue weighted by atomic mass is 9.95. The normalized spacial score (nSPS) is 31.9. The smallest absolute Gasteiger partial charge is 0.317 e. The van der Waals surface area contributed by atoms with Crippen LogP contribution in [0, 0.1) is 11.8 Å². The van der Waals surface area contributed by atoms with E-state index in [0.717, 1.165) is 6.42 Å². The van der Waals surface area contributed by atoms with Gasteiger partial charge in [0.05, 0.1) is 0 Å². The van der Waals surface area contributed by atoms with E-state index >= 15 is 0 Å². The fourth-order valence-corrected chi connectivity index (χ4v) is 2.13. The first-order valence-electron chi connectivity index (χ1n) is 5.83. The Bertz CT molecular complexity index is 294. The first-order valence-corrected chi connectivity index (χ1v) is 5.83. The number of hydrogen-bond acceptors (Lipinski definition) is 1. The zero-order chi connectivity index (χ0) is 11.9. The number of amides is 2. The lowest BCUT2D eigenvalue weighted by Crippen LogP contribution is -2.41. The average molecular weight is 232 g/mol. The van der Waals surface area contributed by atoms with Crippen LogP contribution < -0.4 is 5.32 Å². The average Bonchev–Trinajstić information content (AvgIpc) is 2.68. The number of urea groups is 1. The van der Waals surface area contributed by atoms with Gasteiger partial charge in [0, 0.05) is 19.5 Å². The van der Waals surface area contributed by atoms with E-state index in [1.165, 1.54) is 0 Å². The molecule has 2 unspecified atom stereocenters. The van der Waals surface area contributed by atoms with Gasteiger partial charge in [-0.1, -0.05) is 13.8 Å². The first-order chi connectivity index (χ1) is 7.40. The summed E-state index contributed by atoms with van der Waals surface area (Å²) in [5, 5.41) is 2.38. The van der Waals surface area contributed by atoms with Crippen LogP contribution in [0.2, 0.25) is 0 Å². The van der Waals surface area contributed by atoms with Crippen molar-refractivity contribution in [1.29, 1.82) is 0 Å². The molecule has 2 rings (SSSR count). The molecule has 92 valence electrons. The molecule has 2 aliphatic rings. The minimum Gasteiger partial charge on any atom is -0.329 e. The molecule has 1 aliphatic carbocycles. The predicted octanol–water partition coefficient (Wildman–Crippen LogP) is 2.08. The van der Waals surface area contributed by atoms with Gasteiger partial charge in [-0.25, -0.2) is 13.6 Å². The summed E-state index contributed by atoms with van der Waals surface area (Å²) < 4.78 is 25.2. The lowest BCUT2D eigenvalue weighted by molar-refractivity contribution is 0.106. The minimum absolute atomic E-state index is 0.208. The number of nitrogens with one attached hydrogen (secondary N) is 1. The Balaban J connectivity index is 1.79. The minimum atomic E-state index is -2.67. The fourth-order valence-electron chi connectivity index (χ4n) is 2.13. The molecule has 0 aromatic heterocycles. The Morgan fingerprint density at radius 3 is 2.56 bits per heavy atom. The number of rotatable bonds is 2. The molecule has 1 N–H and O–H groups in total. The largest absolute Gasteiger partial charge is 0.329 e. The second kappa shape index (κ2) is 3.86. The molecule has 0 spiro atoms. The van der Waals surface area contributed by atoms with E-state index in [1.807, 2.05) is 0 Å². The number of carbonyl (C=O) groups is 1. The highest BCUT2D eigenvalue weighted by Crippen LogP contribution is 2.41. The highest BCUT2D eigenvalue weighted by molar-refractivity contribution is 5.75. The Kier molecular flexibility index (Phi) is 2.80. The zero-order valence-electron chi connectivity index (χ0n) is 9.67. The van der Waals surface area contributed by atoms with E-state index < -0.39 is 12.0 Å². The Labute approximate surface area is 94.2 Å². The summed E-state index contributed by atoms with van der Waals surface area (Å²) in [4.78, 5) is 13.3. The van der Waals surface area contributed by atoms with E-state index in [9.17, 15) is 13.6 Å². The molecule has 3 nitrogen and oxygen atoms in total. The monoisotopic (exact) mass is 232 g/mol. The quantitative estimate of drug-likeness (QED) is 0.776. The standard InChI is InChI=1S/C11H18F2N2O/c1-7(2)8-3-4-15(6-8)10(16)14-9-5-11(9,12)13/h7-9H,3-6H2,1-2H3,(H,14,16). The van der Waals surface area contributed by atoms with E-state index in [0.29, 0.717) is 24.9 Å². The third kappa shape index (κ3) is 2.28. The summed E-state index contributed by atoms with van der Waals surface area (Å²) in [6.07, 6.45) is 0.770. The molecule has 1 aliphatic heterocycles. The summed E-state index contributed by atoms with van der Waals surface area (Å²) in [6, 6.07) is -1.26. The van der Waals surface area contributed by atoms with Crippen LogP contribution in [0.5, 0.6) is 0 Å². The molecule has 5 heteroatoms. The Hall–Kier alpha value is -0.870. The summed E-state index contributed by atoms with van der Waals surface area (Å²) in [6.45, 7) is 5.64. The van der Waals surface area contributed by atoms with Crippen molar-refractivity contribution in [3.8, 4) is 0 Å². The van der Waals surface area contributed by atoms with Gasteiger partial charge in [0.15, 0.2) is 0 Å². The van der Waals surface area contributed by atoms with Crippen LogP contribution in [-0.4, -0.2) is 36.0 Å². The molecule has 0 bridgehead atoms. The van der Waals surface area contributed by atoms with Crippen LogP contribution in [-0.2, 0) is 0 Å². The van der Waals surface area contributed by atoms with Crippen molar-refractivity contribution >= 4 is 6.03 Å². The maximum absolute atomic E-state index is 12.6. The molecule has 1 heterocycles. The second-order valence-corrected chi connectivity index (χ2v) is 5.21. The number of halogens is 2. The van der Waals surface area contributed by atoms with Crippen LogP contribution in [0.15, 0.2) is 0 Å². The lowest BCUT2D eigenvalue weighted by Gasteiger charge is -2.18. The van der Waals surface area contributed by atoms with Crippen LogP contribution in [0.1, 0.15) is 26.7 Å². The van der Waals surface area contributed by atoms with Crippen molar-refractivity contribution in [2.45, 2.75) is 38.7 Å². The summed E-state index contributed by atoms with van der Waals surface area (Å²) >= 11 is 0. The summed E-state index contributed by atoms with van der Waals surface area (Å²) in [5.74, 6) is -1.63. The molecular weight excluding hydrogens is 214 g/mol. The van der Waals surface area contributed by atoms with Gasteiger partial charge < -0.3 is 10.2 Å². The van der Waals surface area contributed by atoms with Crippen LogP contribution in [0.25, 0.3) is 0 Å². The van der Waals surface area contributed by atoms with Gasteiger partial charge in [-0.3, -0.25) is 0 Å². The molecule has 2 atom stereocenters. The zero-order valence-corrected chi connectivity index (χ0v) is 9.67. The molecule has 1 saturated heterocycles. The number of nitrogens with zero attached hydrogens (tertiary/aromatic N) is 1. The third-order valence-electron chi connectivity index (χ3n) is 3.58. The van der Waals surface area contributed by atoms with E-state index in [1.54, 1.807) is 4.90 Å². The van der Waals surface area contributed by atoms with Crippen molar-refractivity contribution in [3.63, 3.8) is 0 Å². The van der Waals surface area contributed by atoms with Crippen LogP contribution in [0.3, 0.4) is 0 Å². The van der Waals surface area contributed by atoms with Crippen molar-refractivity contribution in [2.75, 3.05) is 13.1 Å². The second-order valence-electron chi connectivity index (χ2n) is 5.21. The van der Waals surface area contributed by atoms with E-state index in [2.05, 4.69) is 19.2 Å². The maximum Gasteiger partial charge on any atom is 0.317 e. The molecule has 2 fully saturated rings. The van der Waals surface area contributed by atoms with Gasteiger partial charge >= 0.3 is 6.03 Å². The van der Waals surface area contributed by atoms with Gasteiger partial charge in [0.25, 0.3) is 5.92 Å². The van der Waals surface area contributed by atoms with Gasteiger partial charge in [0.2, 0.25) is 0 Å². The van der Waals surface area contributed by atoms with E-state index in [4.69, 9.17) is 0 Å². The Morgan fingerprint density at radius 2 is 2.12 bits per heavy atom. The number of alkyl halides is 2. The van der Waals surface area contributed by atoms with Gasteiger partial charge in [-0.15, -0.1) is 0 Å². The van der Waals surface area contributed by atoms with Crippen molar-refractivity contribution in [3.05, 3.63) is 0 Å². The predicted molar refractivity (Wildman–Crippen MR) is 56.4 cm³/mol. The van der Waals surface area contributed by atoms with Gasteiger partial charge in [0.1, 0.15) is 6.04 Å². The molecule has 0 aromatic rings. The summed E-state index contributed by atoms with van der Waals surface area (Å²) in [5.41, 5.74) is 0. The van der Waals surface area contributed by atoms with Crippen molar-refractivity contribution < 1.29 is 13.6 Å². The van der Waals surface area contributed by atoms with Gasteiger partial charge in [-0.05, 0) is 18.3 Å². The molecular formula is C11H18F2N2O. The highest BCUT2D eigenvalue weighted by Gasteiger charge is 2.58. The maximum atomic E-state index is 12.6. The first kappa shape index (κ1) is 11.6. The number of hydrogen-bond donors (Lipinski definition) is 1. The molecule has 1 saturated carbocycles. The topological polar surface area (TPSA) is 32.3 Å². The third-order valence-corrected chi connectivity index (χ3v) is 3.58. The highest BCUT2D eigenvalue weighted by atomic mass is 19.3. The summed E-state index contributed by atoms with van der Waals surface area (Å²) in [7, 11) is 0. The van der Waals surface area contributed by atoms with Crippen LogP contribution >= 0.6 is 0 Å². The molecule has 0 aromatic carbocycles. The molecule has 2 amide bonds.